The van der Waals surface area contributed by atoms with Gasteiger partial charge in [0.1, 0.15) is 6.54 Å². The van der Waals surface area contributed by atoms with Gasteiger partial charge in [0.05, 0.1) is 0 Å². The maximum atomic E-state index is 10.9. The first-order valence-electron chi connectivity index (χ1n) is 4.26. The van der Waals surface area contributed by atoms with Crippen LogP contribution in [0.1, 0.15) is 26.2 Å². The number of hydrogen-bond donors (Lipinski definition) is 2. The van der Waals surface area contributed by atoms with Crippen molar-refractivity contribution in [1.82, 2.24) is 5.32 Å². The van der Waals surface area contributed by atoms with Gasteiger partial charge in [0.15, 0.2) is 0 Å². The molecule has 0 radical (unpaired) electrons. The molecule has 0 saturated carbocycles. The number of nitrogens with one attached hydrogen (secondary N) is 1. The third-order valence-corrected chi connectivity index (χ3v) is 1.45. The minimum atomic E-state index is -1.01. The van der Waals surface area contributed by atoms with E-state index in [-0.39, 0.29) is 12.5 Å². The SMILES string of the molecule is CC=CCCCC(=O)NCC(=O)O. The van der Waals surface area contributed by atoms with E-state index in [1.165, 1.54) is 0 Å². The number of allylic oxidation sites excluding steroid dienone is 2. The molecule has 0 fully saturated rings. The van der Waals surface area contributed by atoms with Crippen LogP contribution in [0, 0.1) is 0 Å². The third kappa shape index (κ3) is 8.59. The van der Waals surface area contributed by atoms with Crippen molar-refractivity contribution in [2.24, 2.45) is 0 Å². The van der Waals surface area contributed by atoms with Gasteiger partial charge >= 0.3 is 5.97 Å². The summed E-state index contributed by atoms with van der Waals surface area (Å²) in [5.74, 6) is -1.21. The van der Waals surface area contributed by atoms with Crippen LogP contribution in [0.15, 0.2) is 12.2 Å². The lowest BCUT2D eigenvalue weighted by atomic mass is 10.2. The predicted octanol–water partition coefficient (Wildman–Crippen LogP) is 0.934. The average Bonchev–Trinajstić information content (AvgIpc) is 2.09. The summed E-state index contributed by atoms with van der Waals surface area (Å²) < 4.78 is 0. The zero-order valence-electron chi connectivity index (χ0n) is 7.75. The van der Waals surface area contributed by atoms with Crippen molar-refractivity contribution in [2.75, 3.05) is 6.54 Å². The largest absolute Gasteiger partial charge is 0.480 e. The number of hydrogen-bond acceptors (Lipinski definition) is 2. The molecule has 0 saturated heterocycles. The van der Waals surface area contributed by atoms with Crippen LogP contribution in [0.2, 0.25) is 0 Å². The highest BCUT2D eigenvalue weighted by molar-refractivity contribution is 5.80. The third-order valence-electron chi connectivity index (χ3n) is 1.45. The van der Waals surface area contributed by atoms with Gasteiger partial charge in [-0.25, -0.2) is 0 Å². The predicted molar refractivity (Wildman–Crippen MR) is 49.3 cm³/mol. The van der Waals surface area contributed by atoms with Crippen LogP contribution < -0.4 is 5.32 Å². The summed E-state index contributed by atoms with van der Waals surface area (Å²) in [6.07, 6.45) is 5.91. The molecule has 0 atom stereocenters. The number of amides is 1. The number of carbonyl (C=O) groups is 2. The molecule has 4 heteroatoms. The summed E-state index contributed by atoms with van der Waals surface area (Å²) in [4.78, 5) is 21.0. The lowest BCUT2D eigenvalue weighted by molar-refractivity contribution is -0.137. The summed E-state index contributed by atoms with van der Waals surface area (Å²) in [6.45, 7) is 1.63. The monoisotopic (exact) mass is 185 g/mol. The van der Waals surface area contributed by atoms with Crippen LogP contribution in [-0.2, 0) is 9.59 Å². The number of aliphatic carboxylic acids is 1. The molecule has 1 amide bonds. The average molecular weight is 185 g/mol. The van der Waals surface area contributed by atoms with Gasteiger partial charge in [-0.2, -0.15) is 0 Å². The second kappa shape index (κ2) is 7.34. The van der Waals surface area contributed by atoms with Crippen LogP contribution in [0.3, 0.4) is 0 Å². The Morgan fingerprint density at radius 1 is 1.46 bits per heavy atom. The van der Waals surface area contributed by atoms with Crippen molar-refractivity contribution in [3.05, 3.63) is 12.2 Å². The molecule has 0 rings (SSSR count). The van der Waals surface area contributed by atoms with E-state index in [0.29, 0.717) is 6.42 Å². The number of carbonyl (C=O) groups excluding carboxylic acids is 1. The van der Waals surface area contributed by atoms with E-state index >= 15 is 0 Å². The van der Waals surface area contributed by atoms with Crippen molar-refractivity contribution in [3.63, 3.8) is 0 Å². The molecule has 0 heterocycles. The fourth-order valence-electron chi connectivity index (χ4n) is 0.810. The van der Waals surface area contributed by atoms with E-state index < -0.39 is 5.97 Å². The summed E-state index contributed by atoms with van der Waals surface area (Å²) in [5, 5.41) is 10.5. The molecular weight excluding hydrogens is 170 g/mol. The number of rotatable bonds is 6. The van der Waals surface area contributed by atoms with Gasteiger partial charge in [-0.05, 0) is 19.8 Å². The summed E-state index contributed by atoms with van der Waals surface area (Å²) in [5.41, 5.74) is 0. The van der Waals surface area contributed by atoms with Crippen LogP contribution in [0.5, 0.6) is 0 Å². The molecule has 0 spiro atoms. The Morgan fingerprint density at radius 2 is 2.15 bits per heavy atom. The molecule has 0 aromatic rings. The van der Waals surface area contributed by atoms with Crippen molar-refractivity contribution < 1.29 is 14.7 Å². The standard InChI is InChI=1S/C9H15NO3/c1-2-3-4-5-6-8(11)10-7-9(12)13/h2-3H,4-7H2,1H3,(H,10,11)(H,12,13). The summed E-state index contributed by atoms with van der Waals surface area (Å²) in [6, 6.07) is 0. The quantitative estimate of drug-likeness (QED) is 0.478. The fourth-order valence-corrected chi connectivity index (χ4v) is 0.810. The van der Waals surface area contributed by atoms with Crippen molar-refractivity contribution in [3.8, 4) is 0 Å². The highest BCUT2D eigenvalue weighted by Gasteiger charge is 2.01. The van der Waals surface area contributed by atoms with Crippen LogP contribution in [0.25, 0.3) is 0 Å². The van der Waals surface area contributed by atoms with Gasteiger partial charge in [0.25, 0.3) is 0 Å². The normalized spacial score (nSPS) is 10.2. The molecule has 0 aromatic heterocycles. The van der Waals surface area contributed by atoms with Crippen LogP contribution in [-0.4, -0.2) is 23.5 Å². The van der Waals surface area contributed by atoms with E-state index in [4.69, 9.17) is 5.11 Å². The lowest BCUT2D eigenvalue weighted by Gasteiger charge is -1.99. The van der Waals surface area contributed by atoms with Gasteiger partial charge in [0, 0.05) is 6.42 Å². The number of carboxylic acid groups (broad SMARTS) is 1. The van der Waals surface area contributed by atoms with Crippen LogP contribution in [0.4, 0.5) is 0 Å². The second-order valence-corrected chi connectivity index (χ2v) is 2.63. The Kier molecular flexibility index (Phi) is 6.59. The fraction of sp³-hybridized carbons (Fsp3) is 0.556. The first-order valence-corrected chi connectivity index (χ1v) is 4.26. The molecule has 0 aliphatic heterocycles. The Labute approximate surface area is 77.6 Å². The first kappa shape index (κ1) is 11.7. The van der Waals surface area contributed by atoms with Gasteiger partial charge < -0.3 is 10.4 Å². The molecule has 74 valence electrons. The van der Waals surface area contributed by atoms with E-state index in [9.17, 15) is 9.59 Å². The number of carboxylic acids is 1. The van der Waals surface area contributed by atoms with Gasteiger partial charge in [-0.15, -0.1) is 0 Å². The lowest BCUT2D eigenvalue weighted by Crippen LogP contribution is -2.28. The molecule has 0 bridgehead atoms. The Hall–Kier alpha value is -1.32. The molecule has 0 aliphatic rings. The molecule has 0 unspecified atom stereocenters. The molecular formula is C9H15NO3. The highest BCUT2D eigenvalue weighted by Crippen LogP contribution is 1.95. The first-order chi connectivity index (χ1) is 6.16. The summed E-state index contributed by atoms with van der Waals surface area (Å²) in [7, 11) is 0. The number of unbranched alkanes of at least 4 members (excludes halogenated alkanes) is 1. The van der Waals surface area contributed by atoms with Crippen molar-refractivity contribution >= 4 is 11.9 Å². The Morgan fingerprint density at radius 3 is 2.69 bits per heavy atom. The Balaban J connectivity index is 3.35. The minimum Gasteiger partial charge on any atom is -0.480 e. The van der Waals surface area contributed by atoms with E-state index in [1.807, 2.05) is 19.1 Å². The topological polar surface area (TPSA) is 66.4 Å². The minimum absolute atomic E-state index is 0.202. The van der Waals surface area contributed by atoms with Crippen molar-refractivity contribution in [1.29, 1.82) is 0 Å². The maximum Gasteiger partial charge on any atom is 0.322 e. The molecule has 4 nitrogen and oxygen atoms in total. The van der Waals surface area contributed by atoms with E-state index in [2.05, 4.69) is 5.32 Å². The summed E-state index contributed by atoms with van der Waals surface area (Å²) >= 11 is 0. The second-order valence-electron chi connectivity index (χ2n) is 2.63. The molecule has 13 heavy (non-hydrogen) atoms. The van der Waals surface area contributed by atoms with Crippen molar-refractivity contribution in [2.45, 2.75) is 26.2 Å². The van der Waals surface area contributed by atoms with Crippen LogP contribution >= 0.6 is 0 Å². The highest BCUT2D eigenvalue weighted by atomic mass is 16.4. The zero-order valence-corrected chi connectivity index (χ0v) is 7.75. The maximum absolute atomic E-state index is 10.9. The van der Waals surface area contributed by atoms with Gasteiger partial charge in [0.2, 0.25) is 5.91 Å². The van der Waals surface area contributed by atoms with E-state index in [0.717, 1.165) is 12.8 Å². The molecule has 2 N–H and O–H groups in total. The molecule has 0 aromatic carbocycles. The van der Waals surface area contributed by atoms with Gasteiger partial charge in [-0.3, -0.25) is 9.59 Å². The smallest absolute Gasteiger partial charge is 0.322 e. The zero-order chi connectivity index (χ0) is 10.1. The van der Waals surface area contributed by atoms with Gasteiger partial charge in [-0.1, -0.05) is 12.2 Å². The Bertz CT molecular complexity index is 199. The van der Waals surface area contributed by atoms with E-state index in [1.54, 1.807) is 0 Å². The molecule has 0 aliphatic carbocycles.